The van der Waals surface area contributed by atoms with Crippen molar-refractivity contribution in [1.29, 1.82) is 5.41 Å². The van der Waals surface area contributed by atoms with Crippen molar-refractivity contribution in [2.24, 2.45) is 0 Å². The molecule has 23 heavy (non-hydrogen) atoms. The number of hydrogen-bond donors (Lipinski definition) is 1. The molecule has 116 valence electrons. The largest absolute Gasteiger partial charge is 0.497 e. The fourth-order valence-corrected chi connectivity index (χ4v) is 3.15. The molecule has 1 N–H and O–H groups in total. The number of amides is 1. The van der Waals surface area contributed by atoms with Gasteiger partial charge in [0.1, 0.15) is 5.75 Å². The molecule has 4 nitrogen and oxygen atoms in total. The summed E-state index contributed by atoms with van der Waals surface area (Å²) in [4.78, 5) is 14.4. The Labute approximate surface area is 143 Å². The molecule has 0 spiro atoms. The number of nitrogens with zero attached hydrogens (tertiary/aromatic N) is 1. The molecule has 1 aliphatic rings. The SMILES string of the molecule is COc1ccc(/C=C2\SC(=N)N(c3ccc(Cl)cc3)C2=O)cc1. The summed E-state index contributed by atoms with van der Waals surface area (Å²) >= 11 is 7.01. The number of amidine groups is 1. The van der Waals surface area contributed by atoms with Crippen molar-refractivity contribution in [3.05, 3.63) is 64.0 Å². The van der Waals surface area contributed by atoms with E-state index in [2.05, 4.69) is 0 Å². The average molecular weight is 345 g/mol. The van der Waals surface area contributed by atoms with Crippen LogP contribution in [-0.4, -0.2) is 18.2 Å². The maximum atomic E-state index is 12.6. The smallest absolute Gasteiger partial charge is 0.271 e. The van der Waals surface area contributed by atoms with Gasteiger partial charge in [-0.2, -0.15) is 0 Å². The van der Waals surface area contributed by atoms with Crippen LogP contribution in [0.3, 0.4) is 0 Å². The Morgan fingerprint density at radius 3 is 2.39 bits per heavy atom. The predicted molar refractivity (Wildman–Crippen MR) is 95.2 cm³/mol. The summed E-state index contributed by atoms with van der Waals surface area (Å²) in [7, 11) is 1.61. The molecule has 1 heterocycles. The lowest BCUT2D eigenvalue weighted by molar-refractivity contribution is -0.113. The number of anilines is 1. The molecular weight excluding hydrogens is 332 g/mol. The van der Waals surface area contributed by atoms with Crippen LogP contribution in [0.2, 0.25) is 5.02 Å². The fourth-order valence-electron chi connectivity index (χ4n) is 2.16. The van der Waals surface area contributed by atoms with Crippen molar-refractivity contribution in [2.75, 3.05) is 12.0 Å². The Kier molecular flexibility index (Phi) is 4.41. The van der Waals surface area contributed by atoms with Crippen LogP contribution in [0.25, 0.3) is 6.08 Å². The first-order valence-corrected chi connectivity index (χ1v) is 8.00. The average Bonchev–Trinajstić information content (AvgIpc) is 2.83. The van der Waals surface area contributed by atoms with Crippen molar-refractivity contribution in [3.8, 4) is 5.75 Å². The standard InChI is InChI=1S/C17H13ClN2O2S/c1-22-14-8-2-11(3-9-14)10-15-16(21)20(17(19)23-15)13-6-4-12(18)5-7-13/h2-10,19H,1H3/b15-10-,19-17?. The van der Waals surface area contributed by atoms with Gasteiger partial charge in [-0.3, -0.25) is 15.1 Å². The quantitative estimate of drug-likeness (QED) is 0.839. The highest BCUT2D eigenvalue weighted by Crippen LogP contribution is 2.35. The van der Waals surface area contributed by atoms with Gasteiger partial charge in [-0.15, -0.1) is 0 Å². The van der Waals surface area contributed by atoms with E-state index in [0.29, 0.717) is 15.6 Å². The van der Waals surface area contributed by atoms with Gasteiger partial charge in [0.2, 0.25) is 0 Å². The number of ether oxygens (including phenoxy) is 1. The van der Waals surface area contributed by atoms with Crippen molar-refractivity contribution < 1.29 is 9.53 Å². The maximum absolute atomic E-state index is 12.6. The minimum absolute atomic E-state index is 0.178. The van der Waals surface area contributed by atoms with E-state index in [1.165, 1.54) is 4.90 Å². The van der Waals surface area contributed by atoms with Gasteiger partial charge in [-0.05, 0) is 59.8 Å². The van der Waals surface area contributed by atoms with Crippen molar-refractivity contribution in [2.45, 2.75) is 0 Å². The van der Waals surface area contributed by atoms with E-state index in [1.807, 2.05) is 24.3 Å². The number of halogens is 1. The highest BCUT2D eigenvalue weighted by atomic mass is 35.5. The molecule has 1 fully saturated rings. The first-order valence-electron chi connectivity index (χ1n) is 6.80. The van der Waals surface area contributed by atoms with Crippen LogP contribution in [-0.2, 0) is 4.79 Å². The van der Waals surface area contributed by atoms with Crippen molar-refractivity contribution in [1.82, 2.24) is 0 Å². The molecule has 3 rings (SSSR count). The van der Waals surface area contributed by atoms with Gasteiger partial charge in [-0.1, -0.05) is 23.7 Å². The molecule has 0 saturated carbocycles. The minimum Gasteiger partial charge on any atom is -0.497 e. The maximum Gasteiger partial charge on any atom is 0.271 e. The van der Waals surface area contributed by atoms with Crippen LogP contribution in [0.5, 0.6) is 5.75 Å². The molecule has 1 saturated heterocycles. The van der Waals surface area contributed by atoms with Gasteiger partial charge in [0.25, 0.3) is 5.91 Å². The summed E-state index contributed by atoms with van der Waals surface area (Å²) in [5.74, 6) is 0.547. The number of hydrogen-bond acceptors (Lipinski definition) is 4. The summed E-state index contributed by atoms with van der Waals surface area (Å²) in [6.07, 6.45) is 1.77. The van der Waals surface area contributed by atoms with Gasteiger partial charge in [-0.25, -0.2) is 0 Å². The first kappa shape index (κ1) is 15.6. The van der Waals surface area contributed by atoms with Gasteiger partial charge in [0.15, 0.2) is 5.17 Å². The highest BCUT2D eigenvalue weighted by Gasteiger charge is 2.33. The van der Waals surface area contributed by atoms with Gasteiger partial charge >= 0.3 is 0 Å². The molecule has 0 bridgehead atoms. The van der Waals surface area contributed by atoms with E-state index >= 15 is 0 Å². The molecule has 0 aliphatic carbocycles. The second kappa shape index (κ2) is 6.48. The molecule has 6 heteroatoms. The summed E-state index contributed by atoms with van der Waals surface area (Å²) in [6, 6.07) is 14.3. The van der Waals surface area contributed by atoms with E-state index in [9.17, 15) is 4.79 Å². The summed E-state index contributed by atoms with van der Waals surface area (Å²) in [5, 5.41) is 8.83. The Morgan fingerprint density at radius 1 is 1.13 bits per heavy atom. The van der Waals surface area contributed by atoms with E-state index in [-0.39, 0.29) is 11.1 Å². The van der Waals surface area contributed by atoms with Crippen LogP contribution < -0.4 is 9.64 Å². The van der Waals surface area contributed by atoms with E-state index < -0.39 is 0 Å². The molecule has 2 aromatic rings. The monoisotopic (exact) mass is 344 g/mol. The Morgan fingerprint density at radius 2 is 1.78 bits per heavy atom. The molecule has 2 aromatic carbocycles. The number of thioether (sulfide) groups is 1. The number of nitrogens with one attached hydrogen (secondary N) is 1. The third-order valence-electron chi connectivity index (χ3n) is 3.32. The molecule has 0 radical (unpaired) electrons. The highest BCUT2D eigenvalue weighted by molar-refractivity contribution is 8.19. The molecule has 1 amide bonds. The zero-order valence-corrected chi connectivity index (χ0v) is 13.8. The lowest BCUT2D eigenvalue weighted by Crippen LogP contribution is -2.27. The molecule has 1 aliphatic heterocycles. The number of carbonyl (C=O) groups is 1. The second-order valence-electron chi connectivity index (χ2n) is 4.81. The number of rotatable bonds is 3. The molecule has 0 aromatic heterocycles. The zero-order valence-electron chi connectivity index (χ0n) is 12.2. The fraction of sp³-hybridized carbons (Fsp3) is 0.0588. The number of methoxy groups -OCH3 is 1. The Bertz CT molecular complexity index is 785. The van der Waals surface area contributed by atoms with Gasteiger partial charge < -0.3 is 4.74 Å². The van der Waals surface area contributed by atoms with Crippen molar-refractivity contribution in [3.63, 3.8) is 0 Å². The van der Waals surface area contributed by atoms with Crippen LogP contribution >= 0.6 is 23.4 Å². The van der Waals surface area contributed by atoms with Crippen LogP contribution in [0.15, 0.2) is 53.4 Å². The summed E-state index contributed by atoms with van der Waals surface area (Å²) in [5.41, 5.74) is 1.52. The zero-order chi connectivity index (χ0) is 16.4. The summed E-state index contributed by atoms with van der Waals surface area (Å²) in [6.45, 7) is 0. The number of benzene rings is 2. The van der Waals surface area contributed by atoms with Crippen LogP contribution in [0.4, 0.5) is 5.69 Å². The lowest BCUT2D eigenvalue weighted by atomic mass is 10.2. The molecule has 0 unspecified atom stereocenters. The summed E-state index contributed by atoms with van der Waals surface area (Å²) < 4.78 is 5.12. The van der Waals surface area contributed by atoms with Gasteiger partial charge in [0.05, 0.1) is 17.7 Å². The van der Waals surface area contributed by atoms with E-state index in [4.69, 9.17) is 21.7 Å². The lowest BCUT2D eigenvalue weighted by Gasteiger charge is -2.14. The van der Waals surface area contributed by atoms with Crippen LogP contribution in [0, 0.1) is 5.41 Å². The normalized spacial score (nSPS) is 16.3. The van der Waals surface area contributed by atoms with Crippen molar-refractivity contribution >= 4 is 46.2 Å². The second-order valence-corrected chi connectivity index (χ2v) is 6.27. The first-order chi connectivity index (χ1) is 11.1. The van der Waals surface area contributed by atoms with E-state index in [0.717, 1.165) is 23.1 Å². The van der Waals surface area contributed by atoms with E-state index in [1.54, 1.807) is 37.5 Å². The third kappa shape index (κ3) is 3.25. The molecular formula is C17H13ClN2O2S. The number of carbonyl (C=O) groups excluding carboxylic acids is 1. The Balaban J connectivity index is 1.88. The van der Waals surface area contributed by atoms with Crippen LogP contribution in [0.1, 0.15) is 5.56 Å². The predicted octanol–water partition coefficient (Wildman–Crippen LogP) is 4.40. The molecule has 0 atom stereocenters. The third-order valence-corrected chi connectivity index (χ3v) is 4.46. The Hall–Kier alpha value is -2.24. The van der Waals surface area contributed by atoms with Gasteiger partial charge in [0, 0.05) is 5.02 Å². The topological polar surface area (TPSA) is 53.4 Å². The minimum atomic E-state index is -0.210.